The van der Waals surface area contributed by atoms with Gasteiger partial charge in [0.2, 0.25) is 0 Å². The number of carboxylic acids is 2. The lowest BCUT2D eigenvalue weighted by Gasteiger charge is -2.46. The van der Waals surface area contributed by atoms with Gasteiger partial charge in [0.15, 0.2) is 17.7 Å². The predicted octanol–water partition coefficient (Wildman–Crippen LogP) is 3.81. The maximum absolute atomic E-state index is 14.6. The molecule has 0 radical (unpaired) electrons. The summed E-state index contributed by atoms with van der Waals surface area (Å²) < 4.78 is 33.4. The number of carbonyl (C=O) groups excluding carboxylic acids is 3. The first-order valence-electron chi connectivity index (χ1n) is 24.1. The summed E-state index contributed by atoms with van der Waals surface area (Å²) in [4.78, 5) is 70.4. The monoisotopic (exact) mass is 989 g/mol. The van der Waals surface area contributed by atoms with Crippen molar-refractivity contribution in [2.75, 3.05) is 46.6 Å². The van der Waals surface area contributed by atoms with Crippen LogP contribution in [0.2, 0.25) is 0 Å². The van der Waals surface area contributed by atoms with Crippen LogP contribution in [0.15, 0.2) is 30.5 Å². The van der Waals surface area contributed by atoms with Crippen LogP contribution in [0.25, 0.3) is 11.3 Å². The molecule has 21 heteroatoms. The van der Waals surface area contributed by atoms with Crippen molar-refractivity contribution in [3.63, 3.8) is 0 Å². The van der Waals surface area contributed by atoms with E-state index in [1.165, 1.54) is 14.0 Å². The number of aliphatic hydroxyl groups excluding tert-OH is 1. The number of nitrogens with two attached hydrogens (primary N) is 1. The Morgan fingerprint density at radius 3 is 2.43 bits per heavy atom. The van der Waals surface area contributed by atoms with Crippen molar-refractivity contribution in [2.24, 2.45) is 17.8 Å². The van der Waals surface area contributed by atoms with E-state index in [9.17, 15) is 39.3 Å². The lowest BCUT2D eigenvalue weighted by molar-refractivity contribution is -0.295. The first-order valence-corrected chi connectivity index (χ1v) is 24.1. The third-order valence-electron chi connectivity index (χ3n) is 14.2. The quantitative estimate of drug-likeness (QED) is 0.0536. The number of esters is 1. The van der Waals surface area contributed by atoms with Crippen LogP contribution >= 0.6 is 0 Å². The summed E-state index contributed by atoms with van der Waals surface area (Å²) in [7, 11) is 5.25. The van der Waals surface area contributed by atoms with Crippen molar-refractivity contribution in [2.45, 2.75) is 173 Å². The predicted molar refractivity (Wildman–Crippen MR) is 259 cm³/mol. The maximum atomic E-state index is 14.6. The fraction of sp³-hybridized carbons (Fsp3) is 0.735. The van der Waals surface area contributed by atoms with Crippen molar-refractivity contribution in [1.82, 2.24) is 35.4 Å². The Hall–Kier alpha value is -4.77. The molecule has 3 aliphatic rings. The number of aliphatic carboxylic acids is 2. The van der Waals surface area contributed by atoms with E-state index in [2.05, 4.69) is 20.9 Å². The molecule has 1 aromatic heterocycles. The SMILES string of the molecule is C.CC[C@H]1OC(=O)[C@H](C)C(=O)[C@H](C)[C@@H](O[C@@H]2O[C@H](C)CC(N(C)C)C2O)[C@](C)(OC)C[C@@H](C)CN[C@H](CCN[C@H](CC(=O)O)C(=O)O)[C@H]2N(CCCCn3cc(-c4cccc(N)c4)nn3)C(=O)O[C@]12C. The van der Waals surface area contributed by atoms with Gasteiger partial charge in [-0.25, -0.2) is 4.79 Å². The van der Waals surface area contributed by atoms with E-state index in [1.54, 1.807) is 36.4 Å². The van der Waals surface area contributed by atoms with Gasteiger partial charge in [-0.3, -0.25) is 28.8 Å². The number of aryl methyl sites for hydroxylation is 1. The number of fused-ring (bicyclic) bond motifs is 1. The van der Waals surface area contributed by atoms with E-state index in [4.69, 9.17) is 29.4 Å². The first-order chi connectivity index (χ1) is 32.5. The van der Waals surface area contributed by atoms with Crippen molar-refractivity contribution < 1.29 is 63.0 Å². The molecule has 394 valence electrons. The van der Waals surface area contributed by atoms with Gasteiger partial charge in [0.05, 0.1) is 36.5 Å². The van der Waals surface area contributed by atoms with E-state index >= 15 is 0 Å². The van der Waals surface area contributed by atoms with Crippen LogP contribution in [0.3, 0.4) is 0 Å². The molecule has 2 unspecified atom stereocenters. The summed E-state index contributed by atoms with van der Waals surface area (Å²) in [6, 6.07) is 4.16. The summed E-state index contributed by atoms with van der Waals surface area (Å²) >= 11 is 0. The minimum absolute atomic E-state index is 0. The lowest BCUT2D eigenvalue weighted by atomic mass is 9.78. The van der Waals surface area contributed by atoms with Gasteiger partial charge in [-0.15, -0.1) is 5.10 Å². The molecule has 3 fully saturated rings. The molecule has 0 bridgehead atoms. The topological polar surface area (TPSA) is 279 Å². The molecular formula is C49H80N8O13. The number of likely N-dealkylation sites (N-methyl/N-ethyl adjacent to an activating group) is 1. The van der Waals surface area contributed by atoms with Crippen LogP contribution in [-0.4, -0.2) is 177 Å². The molecule has 70 heavy (non-hydrogen) atoms. The Kier molecular flexibility index (Phi) is 20.7. The highest BCUT2D eigenvalue weighted by molar-refractivity contribution is 6.00. The van der Waals surface area contributed by atoms with Gasteiger partial charge in [-0.1, -0.05) is 45.5 Å². The number of rotatable bonds is 18. The number of cyclic esters (lactones) is 1. The van der Waals surface area contributed by atoms with Gasteiger partial charge in [-0.05, 0) is 111 Å². The standard InChI is InChI=1S/C48H76N8O13.CH4/c1-11-37-48(7)41(56(46(64)69-48)20-13-12-19-55-26-35(52-53-55)31-15-14-16-32(49)22-31)33(17-18-50-34(43(61)62)23-38(57)58)51-25-27(2)24-47(6,65-10)42(29(4)39(59)30(5)44(63)67-37)68-45-40(60)36(54(8)9)21-28(3)66-45;/h14-16,22,26-30,33-34,36-37,40-42,45,50-51,60H,11-13,17-21,23-25,49H2,1-10H3,(H,57,58)(H,61,62);1H4/t27-,28-,29+,30-,33-,34-,36?,37-,40?,41-,42-,45+,47-,48-;/m1./s1. The van der Waals surface area contributed by atoms with Gasteiger partial charge in [0, 0.05) is 49.5 Å². The third-order valence-corrected chi connectivity index (χ3v) is 14.2. The van der Waals surface area contributed by atoms with E-state index in [0.29, 0.717) is 50.2 Å². The van der Waals surface area contributed by atoms with E-state index in [1.807, 2.05) is 64.2 Å². The molecule has 3 saturated heterocycles. The fourth-order valence-corrected chi connectivity index (χ4v) is 10.4. The third kappa shape index (κ3) is 13.8. The molecule has 3 aliphatic heterocycles. The number of carbonyl (C=O) groups is 5. The van der Waals surface area contributed by atoms with E-state index in [-0.39, 0.29) is 51.4 Å². The second kappa shape index (κ2) is 25.1. The minimum Gasteiger partial charge on any atom is -0.481 e. The molecule has 1 amide bonds. The van der Waals surface area contributed by atoms with Crippen molar-refractivity contribution >= 4 is 35.5 Å². The van der Waals surface area contributed by atoms with Gasteiger partial charge < -0.3 is 60.3 Å². The van der Waals surface area contributed by atoms with E-state index in [0.717, 1.165) is 5.56 Å². The number of carboxylic acid groups (broad SMARTS) is 2. The zero-order chi connectivity index (χ0) is 51.0. The smallest absolute Gasteiger partial charge is 0.410 e. The summed E-state index contributed by atoms with van der Waals surface area (Å²) in [6.07, 6.45) is -1.75. The van der Waals surface area contributed by atoms with Gasteiger partial charge in [0.25, 0.3) is 0 Å². The number of amides is 1. The highest BCUT2D eigenvalue weighted by Crippen LogP contribution is 2.41. The minimum atomic E-state index is -1.50. The molecular weight excluding hydrogens is 909 g/mol. The Labute approximate surface area is 412 Å². The number of unbranched alkanes of at least 4 members (excludes halogenated alkanes) is 1. The summed E-state index contributed by atoms with van der Waals surface area (Å²) in [6.45, 7) is 13.4. The van der Waals surface area contributed by atoms with Crippen LogP contribution in [0.1, 0.15) is 101 Å². The number of Topliss-reactive ketones (excluding diaryl/α,β-unsaturated/α-hetero) is 1. The van der Waals surface area contributed by atoms with Crippen LogP contribution in [-0.2, 0) is 49.4 Å². The Bertz CT molecular complexity index is 2080. The average Bonchev–Trinajstić information content (AvgIpc) is 3.87. The highest BCUT2D eigenvalue weighted by atomic mass is 16.7. The largest absolute Gasteiger partial charge is 0.481 e. The number of methoxy groups -OCH3 is 1. The van der Waals surface area contributed by atoms with E-state index < -0.39 is 102 Å². The molecule has 21 nitrogen and oxygen atoms in total. The van der Waals surface area contributed by atoms with Gasteiger partial charge in [-0.2, -0.15) is 0 Å². The number of aliphatic hydroxyl groups is 1. The molecule has 0 aliphatic carbocycles. The number of anilines is 1. The Morgan fingerprint density at radius 1 is 1.10 bits per heavy atom. The lowest BCUT2D eigenvalue weighted by Crippen LogP contribution is -2.62. The maximum Gasteiger partial charge on any atom is 0.410 e. The second-order valence-electron chi connectivity index (χ2n) is 19.8. The van der Waals surface area contributed by atoms with Crippen molar-refractivity contribution in [1.29, 1.82) is 0 Å². The highest BCUT2D eigenvalue weighted by Gasteiger charge is 2.59. The van der Waals surface area contributed by atoms with Crippen LogP contribution in [0.4, 0.5) is 10.5 Å². The second-order valence-corrected chi connectivity index (χ2v) is 19.8. The molecule has 14 atom stereocenters. The zero-order valence-corrected chi connectivity index (χ0v) is 41.8. The number of nitrogens with zero attached hydrogens (tertiary/aromatic N) is 5. The number of hydrogen-bond donors (Lipinski definition) is 6. The van der Waals surface area contributed by atoms with Crippen molar-refractivity contribution in [3.05, 3.63) is 30.5 Å². The molecule has 4 heterocycles. The normalized spacial score (nSPS) is 32.8. The van der Waals surface area contributed by atoms with Crippen LogP contribution < -0.4 is 16.4 Å². The molecule has 5 rings (SSSR count). The number of aromatic nitrogens is 3. The number of nitrogens with one attached hydrogen (secondary N) is 2. The number of hydrogen-bond acceptors (Lipinski definition) is 17. The summed E-state index contributed by atoms with van der Waals surface area (Å²) in [5.74, 6) is -6.42. The first kappa shape index (κ1) is 57.8. The molecule has 2 aromatic rings. The number of ether oxygens (including phenoxy) is 5. The number of ketones is 1. The van der Waals surface area contributed by atoms with Crippen LogP contribution in [0.5, 0.6) is 0 Å². The van der Waals surface area contributed by atoms with Crippen molar-refractivity contribution in [3.8, 4) is 11.3 Å². The van der Waals surface area contributed by atoms with Crippen LogP contribution in [0, 0.1) is 17.8 Å². The average molecular weight is 989 g/mol. The number of nitrogen functional groups attached to an aromatic ring is 1. The van der Waals surface area contributed by atoms with Gasteiger partial charge >= 0.3 is 24.0 Å². The summed E-state index contributed by atoms with van der Waals surface area (Å²) in [5.41, 5.74) is 5.37. The fourth-order valence-electron chi connectivity index (χ4n) is 10.4. The number of benzene rings is 1. The Balaban J connectivity index is 0.0000107. The summed E-state index contributed by atoms with van der Waals surface area (Å²) in [5, 5.41) is 46.0. The molecule has 7 N–H and O–H groups in total. The Morgan fingerprint density at radius 2 is 1.80 bits per heavy atom. The van der Waals surface area contributed by atoms with Gasteiger partial charge in [0.1, 0.15) is 29.9 Å². The molecule has 1 aromatic carbocycles. The zero-order valence-electron chi connectivity index (χ0n) is 41.8. The molecule has 0 spiro atoms. The molecule has 0 saturated carbocycles.